The van der Waals surface area contributed by atoms with Gasteiger partial charge in [-0.1, -0.05) is 30.3 Å². The summed E-state index contributed by atoms with van der Waals surface area (Å²) in [7, 11) is 0. The highest BCUT2D eigenvalue weighted by Crippen LogP contribution is 2.54. The van der Waals surface area contributed by atoms with Gasteiger partial charge in [-0.2, -0.15) is 0 Å². The van der Waals surface area contributed by atoms with Crippen LogP contribution in [0.1, 0.15) is 50.2 Å². The molecule has 26 heavy (non-hydrogen) atoms. The molecule has 1 heterocycles. The average molecular weight is 352 g/mol. The molecule has 1 aliphatic carbocycles. The van der Waals surface area contributed by atoms with Crippen molar-refractivity contribution in [3.63, 3.8) is 0 Å². The zero-order valence-corrected chi connectivity index (χ0v) is 15.2. The molecule has 2 aromatic carbocycles. The molecule has 1 saturated carbocycles. The molecule has 0 aromatic heterocycles. The van der Waals surface area contributed by atoms with E-state index in [2.05, 4.69) is 13.8 Å². The van der Waals surface area contributed by atoms with E-state index in [0.29, 0.717) is 30.9 Å². The molecular formula is C22H24O4. The van der Waals surface area contributed by atoms with Crippen molar-refractivity contribution in [1.29, 1.82) is 0 Å². The zero-order chi connectivity index (χ0) is 18.3. The van der Waals surface area contributed by atoms with Crippen LogP contribution >= 0.6 is 0 Å². The summed E-state index contributed by atoms with van der Waals surface area (Å²) in [6.45, 7) is 4.54. The fourth-order valence-corrected chi connectivity index (χ4v) is 4.39. The van der Waals surface area contributed by atoms with Crippen LogP contribution in [0.2, 0.25) is 0 Å². The van der Waals surface area contributed by atoms with Gasteiger partial charge in [-0.25, -0.2) is 0 Å². The van der Waals surface area contributed by atoms with Crippen molar-refractivity contribution >= 4 is 5.78 Å². The molecule has 136 valence electrons. The van der Waals surface area contributed by atoms with Crippen molar-refractivity contribution in [3.05, 3.63) is 53.6 Å². The SMILES string of the molecule is CC1(C)Oc2cc(O)cc(OCc3ccccc3)c2[C@@H]2CC(=O)CC[C@H]21. The Hall–Kier alpha value is -2.49. The maximum atomic E-state index is 12.2. The van der Waals surface area contributed by atoms with E-state index in [1.165, 1.54) is 0 Å². The zero-order valence-electron chi connectivity index (χ0n) is 15.2. The van der Waals surface area contributed by atoms with E-state index in [1.54, 1.807) is 12.1 Å². The van der Waals surface area contributed by atoms with E-state index < -0.39 is 0 Å². The summed E-state index contributed by atoms with van der Waals surface area (Å²) in [4.78, 5) is 12.2. The summed E-state index contributed by atoms with van der Waals surface area (Å²) in [5, 5.41) is 10.2. The van der Waals surface area contributed by atoms with Gasteiger partial charge in [-0.05, 0) is 25.8 Å². The molecule has 2 aliphatic rings. The van der Waals surface area contributed by atoms with Crippen molar-refractivity contribution in [2.75, 3.05) is 0 Å². The predicted octanol–water partition coefficient (Wildman–Crippen LogP) is 4.60. The second-order valence-electron chi connectivity index (χ2n) is 7.83. The summed E-state index contributed by atoms with van der Waals surface area (Å²) in [5.74, 6) is 1.98. The number of hydrogen-bond acceptors (Lipinski definition) is 4. The van der Waals surface area contributed by atoms with Gasteiger partial charge in [0.1, 0.15) is 35.2 Å². The molecule has 0 amide bonds. The number of ketones is 1. The van der Waals surface area contributed by atoms with Gasteiger partial charge >= 0.3 is 0 Å². The molecule has 0 unspecified atom stereocenters. The molecule has 4 rings (SSSR count). The summed E-state index contributed by atoms with van der Waals surface area (Å²) in [6, 6.07) is 13.2. The third kappa shape index (κ3) is 3.05. The second-order valence-corrected chi connectivity index (χ2v) is 7.83. The Balaban J connectivity index is 1.73. The Labute approximate surface area is 153 Å². The molecule has 0 bridgehead atoms. The number of aromatic hydroxyl groups is 1. The van der Waals surface area contributed by atoms with Crippen molar-refractivity contribution in [2.45, 2.75) is 51.2 Å². The third-order valence-corrected chi connectivity index (χ3v) is 5.63. The Bertz CT molecular complexity index is 826. The van der Waals surface area contributed by atoms with Crippen LogP contribution in [0.25, 0.3) is 0 Å². The van der Waals surface area contributed by atoms with Crippen molar-refractivity contribution in [1.82, 2.24) is 0 Å². The summed E-state index contributed by atoms with van der Waals surface area (Å²) in [6.07, 6.45) is 1.95. The van der Waals surface area contributed by atoms with Crippen LogP contribution in [-0.2, 0) is 11.4 Å². The van der Waals surface area contributed by atoms with Crippen molar-refractivity contribution in [2.24, 2.45) is 5.92 Å². The van der Waals surface area contributed by atoms with Gasteiger partial charge in [0.15, 0.2) is 0 Å². The lowest BCUT2D eigenvalue weighted by Crippen LogP contribution is -2.47. The van der Waals surface area contributed by atoms with E-state index in [0.717, 1.165) is 17.5 Å². The molecule has 0 radical (unpaired) electrons. The van der Waals surface area contributed by atoms with Gasteiger partial charge in [0.2, 0.25) is 0 Å². The van der Waals surface area contributed by atoms with Crippen LogP contribution < -0.4 is 9.47 Å². The molecule has 0 saturated heterocycles. The van der Waals surface area contributed by atoms with Gasteiger partial charge < -0.3 is 14.6 Å². The largest absolute Gasteiger partial charge is 0.508 e. The van der Waals surface area contributed by atoms with Crippen LogP contribution in [0.15, 0.2) is 42.5 Å². The monoisotopic (exact) mass is 352 g/mol. The van der Waals surface area contributed by atoms with E-state index in [9.17, 15) is 9.90 Å². The third-order valence-electron chi connectivity index (χ3n) is 5.63. The van der Waals surface area contributed by atoms with Crippen LogP contribution in [0, 0.1) is 5.92 Å². The number of ether oxygens (including phenoxy) is 2. The number of phenolic OH excluding ortho intramolecular Hbond substituents is 1. The van der Waals surface area contributed by atoms with E-state index in [-0.39, 0.29) is 29.0 Å². The highest BCUT2D eigenvalue weighted by molar-refractivity contribution is 5.81. The second kappa shape index (κ2) is 6.35. The first-order chi connectivity index (χ1) is 12.4. The van der Waals surface area contributed by atoms with Gasteiger partial charge in [0.25, 0.3) is 0 Å². The maximum Gasteiger partial charge on any atom is 0.133 e. The van der Waals surface area contributed by atoms with Crippen LogP contribution in [-0.4, -0.2) is 16.5 Å². The lowest BCUT2D eigenvalue weighted by atomic mass is 9.66. The Morgan fingerprint density at radius 3 is 2.77 bits per heavy atom. The molecule has 4 heteroatoms. The first-order valence-corrected chi connectivity index (χ1v) is 9.18. The minimum atomic E-state index is -0.372. The Morgan fingerprint density at radius 1 is 1.23 bits per heavy atom. The molecule has 2 aromatic rings. The van der Waals surface area contributed by atoms with E-state index >= 15 is 0 Å². The highest BCUT2D eigenvalue weighted by atomic mass is 16.5. The lowest BCUT2D eigenvalue weighted by Gasteiger charge is -2.47. The van der Waals surface area contributed by atoms with Crippen LogP contribution in [0.4, 0.5) is 0 Å². The predicted molar refractivity (Wildman–Crippen MR) is 98.7 cm³/mol. The molecule has 4 nitrogen and oxygen atoms in total. The standard InChI is InChI=1S/C22H24O4/c1-22(2)18-9-8-15(23)10-17(18)21-19(11-16(24)12-20(21)26-22)25-13-14-6-4-3-5-7-14/h3-7,11-12,17-18,24H,8-10,13H2,1-2H3/t17-,18-/m1/s1. The minimum Gasteiger partial charge on any atom is -0.508 e. The number of phenols is 1. The number of carbonyl (C=O) groups excluding carboxylic acids is 1. The molecule has 2 atom stereocenters. The maximum absolute atomic E-state index is 12.2. The average Bonchev–Trinajstić information content (AvgIpc) is 2.59. The lowest BCUT2D eigenvalue weighted by molar-refractivity contribution is -0.124. The number of fused-ring (bicyclic) bond motifs is 3. The first-order valence-electron chi connectivity index (χ1n) is 9.18. The first kappa shape index (κ1) is 17.0. The smallest absolute Gasteiger partial charge is 0.133 e. The molecule has 1 N–H and O–H groups in total. The van der Waals surface area contributed by atoms with Crippen LogP contribution in [0.3, 0.4) is 0 Å². The van der Waals surface area contributed by atoms with Gasteiger partial charge in [0.05, 0.1) is 0 Å². The fourth-order valence-electron chi connectivity index (χ4n) is 4.39. The normalized spacial score (nSPS) is 23.5. The van der Waals surface area contributed by atoms with Gasteiger partial charge in [-0.15, -0.1) is 0 Å². The minimum absolute atomic E-state index is 0.0707. The van der Waals surface area contributed by atoms with Crippen molar-refractivity contribution in [3.8, 4) is 17.2 Å². The van der Waals surface area contributed by atoms with E-state index in [1.807, 2.05) is 30.3 Å². The number of rotatable bonds is 3. The Morgan fingerprint density at radius 2 is 2.00 bits per heavy atom. The number of Topliss-reactive ketones (excluding diaryl/α,β-unsaturated/α-hetero) is 1. The van der Waals surface area contributed by atoms with Crippen LogP contribution in [0.5, 0.6) is 17.2 Å². The molecular weight excluding hydrogens is 328 g/mol. The van der Waals surface area contributed by atoms with E-state index in [4.69, 9.17) is 9.47 Å². The number of hydrogen-bond donors (Lipinski definition) is 1. The Kier molecular flexibility index (Phi) is 4.14. The molecule has 1 aliphatic heterocycles. The summed E-state index contributed by atoms with van der Waals surface area (Å²) < 4.78 is 12.3. The summed E-state index contributed by atoms with van der Waals surface area (Å²) in [5.41, 5.74) is 1.61. The number of carbonyl (C=O) groups is 1. The molecule has 0 spiro atoms. The molecule has 1 fully saturated rings. The highest BCUT2D eigenvalue weighted by Gasteiger charge is 2.47. The van der Waals surface area contributed by atoms with Gasteiger partial charge in [-0.3, -0.25) is 4.79 Å². The van der Waals surface area contributed by atoms with Crippen molar-refractivity contribution < 1.29 is 19.4 Å². The quantitative estimate of drug-likeness (QED) is 0.877. The number of benzene rings is 2. The fraction of sp³-hybridized carbons (Fsp3) is 0.409. The van der Waals surface area contributed by atoms with Gasteiger partial charge in [0, 0.05) is 42.4 Å². The summed E-state index contributed by atoms with van der Waals surface area (Å²) >= 11 is 0. The topological polar surface area (TPSA) is 55.8 Å².